The van der Waals surface area contributed by atoms with E-state index in [0.717, 1.165) is 82.8 Å². The molecular weight excluding hydrogens is 512 g/mol. The number of benzene rings is 3. The van der Waals surface area contributed by atoms with E-state index in [9.17, 15) is 8.42 Å². The molecule has 1 saturated heterocycles. The number of nitrogens with zero attached hydrogens (tertiary/aromatic N) is 2. The second kappa shape index (κ2) is 12.8. The lowest BCUT2D eigenvalue weighted by Crippen LogP contribution is -2.33. The molecule has 5 rings (SSSR count). The smallest absolute Gasteiger partial charge is 0.178 e. The summed E-state index contributed by atoms with van der Waals surface area (Å²) in [4.78, 5) is 5.44. The van der Waals surface area contributed by atoms with Crippen molar-refractivity contribution in [3.8, 4) is 0 Å². The van der Waals surface area contributed by atoms with Crippen molar-refractivity contribution in [2.75, 3.05) is 31.9 Å². The van der Waals surface area contributed by atoms with Crippen molar-refractivity contribution in [3.63, 3.8) is 0 Å². The molecule has 3 aromatic rings. The molecule has 2 heterocycles. The minimum Gasteiger partial charge on any atom is -0.299 e. The van der Waals surface area contributed by atoms with Gasteiger partial charge in [0.2, 0.25) is 0 Å². The molecule has 2 aliphatic rings. The third-order valence-corrected chi connectivity index (χ3v) is 10.4. The summed E-state index contributed by atoms with van der Waals surface area (Å²) in [6, 6.07) is 24.5. The highest BCUT2D eigenvalue weighted by atomic mass is 35.5. The minimum atomic E-state index is -3.26. The Bertz CT molecular complexity index is 1300. The molecule has 6 heteroatoms. The van der Waals surface area contributed by atoms with Crippen LogP contribution in [0.4, 0.5) is 0 Å². The number of fused-ring (bicyclic) bond motifs is 1. The van der Waals surface area contributed by atoms with Crippen LogP contribution in [0.15, 0.2) is 77.7 Å². The number of rotatable bonds is 9. The first kappa shape index (κ1) is 27.4. The van der Waals surface area contributed by atoms with E-state index in [1.165, 1.54) is 22.3 Å². The molecule has 2 aliphatic heterocycles. The molecule has 0 radical (unpaired) electrons. The number of halogens is 1. The van der Waals surface area contributed by atoms with E-state index >= 15 is 0 Å². The molecule has 0 amide bonds. The Morgan fingerprint density at radius 1 is 0.763 bits per heavy atom. The first-order valence-electron chi connectivity index (χ1n) is 14.0. The highest BCUT2D eigenvalue weighted by Gasteiger charge is 2.22. The van der Waals surface area contributed by atoms with Crippen molar-refractivity contribution in [2.24, 2.45) is 5.92 Å². The Morgan fingerprint density at radius 2 is 1.45 bits per heavy atom. The van der Waals surface area contributed by atoms with E-state index in [1.807, 2.05) is 30.3 Å². The van der Waals surface area contributed by atoms with E-state index in [4.69, 9.17) is 11.6 Å². The van der Waals surface area contributed by atoms with Crippen molar-refractivity contribution in [2.45, 2.75) is 56.5 Å². The van der Waals surface area contributed by atoms with E-state index in [0.29, 0.717) is 10.8 Å². The molecule has 0 aliphatic carbocycles. The summed E-state index contributed by atoms with van der Waals surface area (Å²) in [5, 5.41) is 0.835. The van der Waals surface area contributed by atoms with Crippen molar-refractivity contribution >= 4 is 21.4 Å². The monoisotopic (exact) mass is 550 g/mol. The maximum atomic E-state index is 13.2. The zero-order chi connectivity index (χ0) is 26.4. The van der Waals surface area contributed by atoms with Crippen LogP contribution >= 0.6 is 11.6 Å². The molecule has 202 valence electrons. The third-order valence-electron chi connectivity index (χ3n) is 8.26. The van der Waals surface area contributed by atoms with Gasteiger partial charge < -0.3 is 0 Å². The first-order chi connectivity index (χ1) is 18.5. The third kappa shape index (κ3) is 7.26. The lowest BCUT2D eigenvalue weighted by molar-refractivity contribution is 0.172. The molecule has 3 aromatic carbocycles. The summed E-state index contributed by atoms with van der Waals surface area (Å²) in [5.74, 6) is 0.849. The van der Waals surface area contributed by atoms with Crippen LogP contribution in [0.2, 0.25) is 5.02 Å². The average Bonchev–Trinajstić information content (AvgIpc) is 3.13. The number of piperidine rings is 1. The van der Waals surface area contributed by atoms with Gasteiger partial charge in [0.1, 0.15) is 0 Å². The zero-order valence-corrected chi connectivity index (χ0v) is 23.8. The van der Waals surface area contributed by atoms with Crippen LogP contribution in [0, 0.1) is 5.92 Å². The Labute approximate surface area is 233 Å². The lowest BCUT2D eigenvalue weighted by Gasteiger charge is -2.32. The minimum absolute atomic E-state index is 0.242. The maximum Gasteiger partial charge on any atom is 0.178 e. The van der Waals surface area contributed by atoms with Crippen LogP contribution < -0.4 is 0 Å². The summed E-state index contributed by atoms with van der Waals surface area (Å²) in [7, 11) is -3.26. The Balaban J connectivity index is 1.09. The van der Waals surface area contributed by atoms with Gasteiger partial charge in [-0.1, -0.05) is 66.2 Å². The van der Waals surface area contributed by atoms with Crippen molar-refractivity contribution in [3.05, 3.63) is 100 Å². The second-order valence-corrected chi connectivity index (χ2v) is 13.5. The summed E-state index contributed by atoms with van der Waals surface area (Å²) in [5.41, 5.74) is 5.01. The van der Waals surface area contributed by atoms with E-state index < -0.39 is 9.84 Å². The van der Waals surface area contributed by atoms with Gasteiger partial charge in [-0.3, -0.25) is 9.80 Å². The number of hydrogen-bond acceptors (Lipinski definition) is 4. The SMILES string of the molecule is O=S(=O)(CCCC1CCN(Cc2ccccc2Cl)CC1)c1ccc2c(c1)CCN(Cc1ccccc1)CC2. The van der Waals surface area contributed by atoms with Crippen LogP contribution in [0.25, 0.3) is 0 Å². The maximum absolute atomic E-state index is 13.2. The fraction of sp³-hybridized carbons (Fsp3) is 0.438. The predicted molar refractivity (Wildman–Crippen MR) is 156 cm³/mol. The van der Waals surface area contributed by atoms with Gasteiger partial charge in [-0.15, -0.1) is 0 Å². The Kier molecular flexibility index (Phi) is 9.21. The molecule has 38 heavy (non-hydrogen) atoms. The second-order valence-electron chi connectivity index (χ2n) is 11.0. The van der Waals surface area contributed by atoms with E-state index in [2.05, 4.69) is 52.3 Å². The normalized spacial score (nSPS) is 17.7. The quantitative estimate of drug-likeness (QED) is 0.309. The fourth-order valence-corrected chi connectivity index (χ4v) is 7.50. The Hall–Kier alpha value is -2.18. The highest BCUT2D eigenvalue weighted by Crippen LogP contribution is 2.27. The summed E-state index contributed by atoms with van der Waals surface area (Å²) in [6.07, 6.45) is 5.85. The molecule has 1 fully saturated rings. The van der Waals surface area contributed by atoms with Crippen LogP contribution in [0.5, 0.6) is 0 Å². The average molecular weight is 551 g/mol. The molecule has 0 atom stereocenters. The first-order valence-corrected chi connectivity index (χ1v) is 16.1. The van der Waals surface area contributed by atoms with Gasteiger partial charge in [0.15, 0.2) is 9.84 Å². The van der Waals surface area contributed by atoms with Gasteiger partial charge in [0.05, 0.1) is 10.6 Å². The topological polar surface area (TPSA) is 40.6 Å². The molecule has 0 N–H and O–H groups in total. The molecule has 0 bridgehead atoms. The highest BCUT2D eigenvalue weighted by molar-refractivity contribution is 7.91. The summed E-state index contributed by atoms with van der Waals surface area (Å²) in [6.45, 7) is 5.90. The van der Waals surface area contributed by atoms with Gasteiger partial charge in [-0.05, 0) is 98.0 Å². The Morgan fingerprint density at radius 3 is 2.21 bits per heavy atom. The molecule has 0 unspecified atom stereocenters. The van der Waals surface area contributed by atoms with Crippen LogP contribution in [-0.2, 0) is 35.8 Å². The molecule has 4 nitrogen and oxygen atoms in total. The van der Waals surface area contributed by atoms with Gasteiger partial charge in [-0.2, -0.15) is 0 Å². The standard InChI is InChI=1S/C32H39ClN2O2S/c33-32-11-5-4-10-30(32)25-35-18-14-26(15-19-35)9-6-22-38(36,37)31-13-12-28-16-20-34(21-17-29(28)23-31)24-27-7-2-1-3-8-27/h1-5,7-8,10-13,23,26H,6,9,14-22,24-25H2. The van der Waals surface area contributed by atoms with Crippen LogP contribution in [0.1, 0.15) is 47.9 Å². The van der Waals surface area contributed by atoms with E-state index in [1.54, 1.807) is 0 Å². The van der Waals surface area contributed by atoms with Crippen LogP contribution in [0.3, 0.4) is 0 Å². The number of hydrogen-bond donors (Lipinski definition) is 0. The van der Waals surface area contributed by atoms with Gasteiger partial charge in [-0.25, -0.2) is 8.42 Å². The lowest BCUT2D eigenvalue weighted by atomic mass is 9.92. The fourth-order valence-electron chi connectivity index (χ4n) is 5.92. The predicted octanol–water partition coefficient (Wildman–Crippen LogP) is 6.41. The summed E-state index contributed by atoms with van der Waals surface area (Å²) >= 11 is 6.33. The molecular formula is C32H39ClN2O2S. The zero-order valence-electron chi connectivity index (χ0n) is 22.2. The van der Waals surface area contributed by atoms with Crippen molar-refractivity contribution in [1.29, 1.82) is 0 Å². The van der Waals surface area contributed by atoms with Gasteiger partial charge in [0.25, 0.3) is 0 Å². The molecule has 0 aromatic heterocycles. The number of likely N-dealkylation sites (tertiary alicyclic amines) is 1. The summed E-state index contributed by atoms with van der Waals surface area (Å²) < 4.78 is 26.4. The van der Waals surface area contributed by atoms with E-state index in [-0.39, 0.29) is 5.75 Å². The van der Waals surface area contributed by atoms with Gasteiger partial charge >= 0.3 is 0 Å². The van der Waals surface area contributed by atoms with Crippen molar-refractivity contribution in [1.82, 2.24) is 9.80 Å². The van der Waals surface area contributed by atoms with Crippen molar-refractivity contribution < 1.29 is 8.42 Å². The van der Waals surface area contributed by atoms with Gasteiger partial charge in [0, 0.05) is 31.2 Å². The number of sulfone groups is 1. The largest absolute Gasteiger partial charge is 0.299 e. The van der Waals surface area contributed by atoms with Crippen LogP contribution in [-0.4, -0.2) is 50.1 Å². The molecule has 0 spiro atoms. The molecule has 0 saturated carbocycles.